The minimum absolute atomic E-state index is 0. The Balaban J connectivity index is -0.000000329. The fourth-order valence-corrected chi connectivity index (χ4v) is 4.68. The average molecular weight is 673 g/mol. The Bertz CT molecular complexity index is 685. The average Bonchev–Trinajstić information content (AvgIpc) is 3.01. The van der Waals surface area contributed by atoms with Crippen molar-refractivity contribution in [2.75, 3.05) is 0 Å². The van der Waals surface area contributed by atoms with Gasteiger partial charge in [-0.25, -0.2) is 4.79 Å². The topological polar surface area (TPSA) is 118 Å². The van der Waals surface area contributed by atoms with Crippen LogP contribution < -0.4 is 10.2 Å². The Kier molecular flexibility index (Phi) is 51.7. The van der Waals surface area contributed by atoms with Gasteiger partial charge in [0.25, 0.3) is 0 Å². The van der Waals surface area contributed by atoms with Crippen LogP contribution in [0.25, 0.3) is 0 Å². The summed E-state index contributed by atoms with van der Waals surface area (Å²) in [6, 6.07) is 0. The molecular weight excluding hydrogens is 601 g/mol. The molecule has 1 N–H and O–H groups in total. The Morgan fingerprint density at radius 3 is 0.915 bits per heavy atom. The van der Waals surface area contributed by atoms with E-state index in [0.717, 1.165) is 38.5 Å². The second-order valence-corrected chi connectivity index (χ2v) is 12.5. The molecule has 0 rings (SSSR count). The van der Waals surface area contributed by atoms with Crippen molar-refractivity contribution in [1.29, 1.82) is 0 Å². The van der Waals surface area contributed by atoms with Crippen molar-refractivity contribution in [1.82, 2.24) is 0 Å². The summed E-state index contributed by atoms with van der Waals surface area (Å²) in [6.07, 6.45) is 41.8. The molecule has 0 aromatic carbocycles. The first kappa shape index (κ1) is 52.2. The van der Waals surface area contributed by atoms with E-state index in [1.54, 1.807) is 0 Å². The molecular formula is C40H72MgO6. The maximum absolute atomic E-state index is 10.2. The van der Waals surface area contributed by atoms with Crippen LogP contribution in [0.5, 0.6) is 0 Å². The third-order valence-electron chi connectivity index (χ3n) is 7.65. The fraction of sp³-hybridized carbons (Fsp3) is 0.775. The van der Waals surface area contributed by atoms with Gasteiger partial charge in [-0.15, -0.1) is 0 Å². The van der Waals surface area contributed by atoms with Crippen LogP contribution in [0.15, 0.2) is 36.5 Å². The number of carboxylic acids is 3. The predicted molar refractivity (Wildman–Crippen MR) is 197 cm³/mol. The molecule has 0 atom stereocenters. The number of hydrogen-bond acceptors (Lipinski definition) is 5. The van der Waals surface area contributed by atoms with Gasteiger partial charge in [0.2, 0.25) is 0 Å². The van der Waals surface area contributed by atoms with E-state index in [0.29, 0.717) is 0 Å². The van der Waals surface area contributed by atoms with Gasteiger partial charge in [-0.3, -0.25) is 0 Å². The monoisotopic (exact) mass is 673 g/mol. The number of allylic oxidation sites excluding steroid dienone is 4. The molecule has 0 aromatic heterocycles. The fourth-order valence-electron chi connectivity index (χ4n) is 4.68. The number of carboxylic acid groups (broad SMARTS) is 3. The molecule has 7 heteroatoms. The van der Waals surface area contributed by atoms with Crippen LogP contribution in [0.2, 0.25) is 0 Å². The van der Waals surface area contributed by atoms with E-state index in [9.17, 15) is 24.6 Å². The van der Waals surface area contributed by atoms with Crippen molar-refractivity contribution in [3.05, 3.63) is 36.5 Å². The van der Waals surface area contributed by atoms with Crippen molar-refractivity contribution < 1.29 is 29.7 Å². The van der Waals surface area contributed by atoms with E-state index in [1.165, 1.54) is 135 Å². The number of carbonyl (C=O) groups is 3. The van der Waals surface area contributed by atoms with Crippen molar-refractivity contribution in [3.63, 3.8) is 0 Å². The molecule has 0 fully saturated rings. The molecule has 0 saturated heterocycles. The number of hydrogen-bond donors (Lipinski definition) is 1. The Labute approximate surface area is 306 Å². The molecule has 0 aliphatic heterocycles. The predicted octanol–water partition coefficient (Wildman–Crippen LogP) is 9.81. The van der Waals surface area contributed by atoms with E-state index in [-0.39, 0.29) is 41.5 Å². The summed E-state index contributed by atoms with van der Waals surface area (Å²) in [6.45, 7) is 9.11. The van der Waals surface area contributed by atoms with Crippen molar-refractivity contribution in [2.45, 2.75) is 201 Å². The number of rotatable bonds is 31. The zero-order valence-electron chi connectivity index (χ0n) is 31.0. The van der Waals surface area contributed by atoms with Crippen molar-refractivity contribution in [3.8, 4) is 0 Å². The standard InChI is InChI=1S/2C18H34O2.C4H6O2.Mg/c2*1-2-3-4-5-6-7-8-9-10-11-12-13-14-15-16-17-18(19)20;1-3(2)4(5)6;/h2*9-10H,2-8,11-17H2,1H3,(H,19,20);1H2,2H3,(H,5,6);/q;;;+2/p-2/b2*10-9-;;. The maximum atomic E-state index is 10.2. The van der Waals surface area contributed by atoms with Crippen LogP contribution >= 0.6 is 0 Å². The molecule has 0 radical (unpaired) electrons. The summed E-state index contributed by atoms with van der Waals surface area (Å²) in [4.78, 5) is 30.0. The van der Waals surface area contributed by atoms with Crippen LogP contribution in [-0.2, 0) is 14.4 Å². The van der Waals surface area contributed by atoms with E-state index >= 15 is 0 Å². The molecule has 0 aliphatic carbocycles. The first-order valence-electron chi connectivity index (χ1n) is 18.8. The second kappa shape index (κ2) is 46.5. The molecule has 6 nitrogen and oxygen atoms in total. The molecule has 0 aromatic rings. The molecule has 0 saturated carbocycles. The van der Waals surface area contributed by atoms with Gasteiger partial charge in [-0.1, -0.05) is 147 Å². The summed E-state index contributed by atoms with van der Waals surface area (Å²) in [5.74, 6) is -2.76. The molecule has 0 bridgehead atoms. The second-order valence-electron chi connectivity index (χ2n) is 12.5. The largest absolute Gasteiger partial charge is 2.00 e. The van der Waals surface area contributed by atoms with E-state index < -0.39 is 17.9 Å². The zero-order valence-corrected chi connectivity index (χ0v) is 32.4. The number of unbranched alkanes of at least 4 members (excludes halogenated alkanes) is 22. The van der Waals surface area contributed by atoms with Gasteiger partial charge in [0, 0.05) is 17.5 Å². The molecule has 47 heavy (non-hydrogen) atoms. The molecule has 0 unspecified atom stereocenters. The van der Waals surface area contributed by atoms with Gasteiger partial charge in [0.05, 0.1) is 0 Å². The number of aliphatic carboxylic acids is 3. The summed E-state index contributed by atoms with van der Waals surface area (Å²) in [5.41, 5.74) is 0.176. The van der Waals surface area contributed by atoms with Crippen LogP contribution in [-0.4, -0.2) is 46.1 Å². The van der Waals surface area contributed by atoms with Crippen LogP contribution in [0, 0.1) is 0 Å². The molecule has 0 amide bonds. The molecule has 270 valence electrons. The van der Waals surface area contributed by atoms with E-state index in [2.05, 4.69) is 44.7 Å². The molecule has 0 heterocycles. The van der Waals surface area contributed by atoms with Gasteiger partial charge < -0.3 is 24.9 Å². The van der Waals surface area contributed by atoms with Crippen LogP contribution in [0.1, 0.15) is 201 Å². The van der Waals surface area contributed by atoms with Crippen molar-refractivity contribution >= 4 is 41.0 Å². The quantitative estimate of drug-likeness (QED) is 0.0339. The molecule has 0 aliphatic rings. The normalized spacial score (nSPS) is 10.5. The maximum Gasteiger partial charge on any atom is 2.00 e. The van der Waals surface area contributed by atoms with Gasteiger partial charge >= 0.3 is 29.0 Å². The number of carbonyl (C=O) groups excluding carboxylic acids is 2. The third kappa shape index (κ3) is 60.2. The SMILES string of the molecule is C=C(C)C(=O)O.CCCCCCCC/C=C\CCCCCCCC(=O)[O-].CCCCCCCC/C=C\CCCCCCCC(=O)[O-].[Mg+2]. The zero-order chi connectivity index (χ0) is 34.9. The summed E-state index contributed by atoms with van der Waals surface area (Å²) in [5, 5.41) is 28.3. The Morgan fingerprint density at radius 1 is 0.489 bits per heavy atom. The van der Waals surface area contributed by atoms with Crippen LogP contribution in [0.3, 0.4) is 0 Å². The van der Waals surface area contributed by atoms with Gasteiger partial charge in [-0.05, 0) is 84.0 Å². The van der Waals surface area contributed by atoms with Crippen LogP contribution in [0.4, 0.5) is 0 Å². The van der Waals surface area contributed by atoms with E-state index in [4.69, 9.17) is 5.11 Å². The summed E-state index contributed by atoms with van der Waals surface area (Å²) < 4.78 is 0. The summed E-state index contributed by atoms with van der Waals surface area (Å²) in [7, 11) is 0. The summed E-state index contributed by atoms with van der Waals surface area (Å²) >= 11 is 0. The first-order chi connectivity index (χ1) is 22.2. The molecule has 0 spiro atoms. The van der Waals surface area contributed by atoms with E-state index in [1.807, 2.05) is 0 Å². The van der Waals surface area contributed by atoms with Gasteiger partial charge in [-0.2, -0.15) is 0 Å². The van der Waals surface area contributed by atoms with Gasteiger partial charge in [0.1, 0.15) is 0 Å². The minimum atomic E-state index is -0.935. The van der Waals surface area contributed by atoms with Crippen molar-refractivity contribution in [2.24, 2.45) is 0 Å². The smallest absolute Gasteiger partial charge is 0.550 e. The minimum Gasteiger partial charge on any atom is -0.550 e. The Morgan fingerprint density at radius 2 is 0.702 bits per heavy atom. The third-order valence-corrected chi connectivity index (χ3v) is 7.65. The Hall–Kier alpha value is -1.60. The first-order valence-corrected chi connectivity index (χ1v) is 18.8. The van der Waals surface area contributed by atoms with Gasteiger partial charge in [0.15, 0.2) is 0 Å².